The summed E-state index contributed by atoms with van der Waals surface area (Å²) in [6, 6.07) is 11.9. The summed E-state index contributed by atoms with van der Waals surface area (Å²) in [6.45, 7) is -0.587. The van der Waals surface area contributed by atoms with Crippen LogP contribution in [0.2, 0.25) is 5.02 Å². The van der Waals surface area contributed by atoms with Gasteiger partial charge in [-0.15, -0.1) is 0 Å². The first-order valence-corrected chi connectivity index (χ1v) is 6.82. The first-order chi connectivity index (χ1) is 11.0. The number of rotatable bonds is 5. The maximum atomic E-state index is 11.8. The molecule has 0 aliphatic heterocycles. The van der Waals surface area contributed by atoms with E-state index >= 15 is 0 Å². The van der Waals surface area contributed by atoms with E-state index in [2.05, 4.69) is 5.32 Å². The Balaban J connectivity index is 1.97. The number of nitrogens with zero attached hydrogens (tertiary/aromatic N) is 1. The van der Waals surface area contributed by atoms with E-state index in [1.54, 1.807) is 18.2 Å². The molecule has 0 fully saturated rings. The number of para-hydroxylation sites is 2. The molecule has 0 atom stereocenters. The zero-order valence-electron chi connectivity index (χ0n) is 11.7. The predicted molar refractivity (Wildman–Crippen MR) is 83.5 cm³/mol. The van der Waals surface area contributed by atoms with Gasteiger partial charge in [0.05, 0.1) is 15.5 Å². The van der Waals surface area contributed by atoms with Gasteiger partial charge < -0.3 is 10.1 Å². The molecule has 0 radical (unpaired) electrons. The monoisotopic (exact) mass is 334 g/mol. The number of amides is 1. The van der Waals surface area contributed by atoms with E-state index in [4.69, 9.17) is 16.3 Å². The Morgan fingerprint density at radius 3 is 2.48 bits per heavy atom. The van der Waals surface area contributed by atoms with Crippen molar-refractivity contribution in [2.75, 3.05) is 11.9 Å². The van der Waals surface area contributed by atoms with Crippen molar-refractivity contribution in [2.45, 2.75) is 0 Å². The minimum atomic E-state index is -0.756. The van der Waals surface area contributed by atoms with Crippen LogP contribution in [-0.4, -0.2) is 23.4 Å². The summed E-state index contributed by atoms with van der Waals surface area (Å²) in [5.41, 5.74) is -0.0952. The average Bonchev–Trinajstić information content (AvgIpc) is 2.53. The van der Waals surface area contributed by atoms with Crippen LogP contribution in [0.1, 0.15) is 10.4 Å². The van der Waals surface area contributed by atoms with Crippen molar-refractivity contribution < 1.29 is 19.2 Å². The number of ether oxygens (including phenoxy) is 1. The summed E-state index contributed by atoms with van der Waals surface area (Å²) in [7, 11) is 0. The fraction of sp³-hybridized carbons (Fsp3) is 0.0667. The third-order valence-corrected chi connectivity index (χ3v) is 3.13. The minimum absolute atomic E-state index is 0.0243. The molecule has 2 rings (SSSR count). The molecule has 23 heavy (non-hydrogen) atoms. The molecule has 0 aliphatic rings. The highest BCUT2D eigenvalue weighted by molar-refractivity contribution is 6.33. The third kappa shape index (κ3) is 4.27. The summed E-state index contributed by atoms with van der Waals surface area (Å²) in [5, 5.41) is 13.4. The van der Waals surface area contributed by atoms with E-state index in [0.717, 1.165) is 0 Å². The molecule has 7 nitrogen and oxygen atoms in total. The lowest BCUT2D eigenvalue weighted by molar-refractivity contribution is -0.383. The molecule has 8 heteroatoms. The van der Waals surface area contributed by atoms with E-state index in [0.29, 0.717) is 0 Å². The molecule has 0 heterocycles. The number of carbonyl (C=O) groups is 2. The van der Waals surface area contributed by atoms with Gasteiger partial charge in [-0.05, 0) is 18.2 Å². The number of nitro benzene ring substituents is 1. The van der Waals surface area contributed by atoms with Crippen LogP contribution in [-0.2, 0) is 9.53 Å². The Morgan fingerprint density at radius 1 is 1.13 bits per heavy atom. The Bertz CT molecular complexity index is 763. The van der Waals surface area contributed by atoms with E-state index in [1.807, 2.05) is 0 Å². The SMILES string of the molecule is O=C(COC(=O)c1ccccc1Cl)Nc1ccccc1[N+](=O)[O-]. The van der Waals surface area contributed by atoms with Crippen molar-refractivity contribution in [2.24, 2.45) is 0 Å². The van der Waals surface area contributed by atoms with Gasteiger partial charge in [0.15, 0.2) is 6.61 Å². The largest absolute Gasteiger partial charge is 0.452 e. The molecule has 0 saturated heterocycles. The van der Waals surface area contributed by atoms with Crippen molar-refractivity contribution in [1.29, 1.82) is 0 Å². The van der Waals surface area contributed by atoms with Crippen molar-refractivity contribution in [1.82, 2.24) is 0 Å². The fourth-order valence-corrected chi connectivity index (χ4v) is 1.97. The fourth-order valence-electron chi connectivity index (χ4n) is 1.76. The molecule has 2 aromatic carbocycles. The molecule has 0 aliphatic carbocycles. The van der Waals surface area contributed by atoms with Gasteiger partial charge >= 0.3 is 5.97 Å². The molecular weight excluding hydrogens is 324 g/mol. The third-order valence-electron chi connectivity index (χ3n) is 2.80. The first-order valence-electron chi connectivity index (χ1n) is 6.44. The van der Waals surface area contributed by atoms with Crippen molar-refractivity contribution in [3.8, 4) is 0 Å². The minimum Gasteiger partial charge on any atom is -0.452 e. The second-order valence-corrected chi connectivity index (χ2v) is 4.79. The highest BCUT2D eigenvalue weighted by atomic mass is 35.5. The van der Waals surface area contributed by atoms with Crippen LogP contribution in [0, 0.1) is 10.1 Å². The molecule has 118 valence electrons. The molecule has 1 amide bonds. The summed E-state index contributed by atoms with van der Waals surface area (Å²) in [5.74, 6) is -1.45. The Kier molecular flexibility index (Phi) is 5.27. The summed E-state index contributed by atoms with van der Waals surface area (Å²) in [6.07, 6.45) is 0. The number of halogens is 1. The van der Waals surface area contributed by atoms with Gasteiger partial charge in [0.1, 0.15) is 5.69 Å². The van der Waals surface area contributed by atoms with Gasteiger partial charge in [0, 0.05) is 6.07 Å². The normalized spacial score (nSPS) is 9.96. The quantitative estimate of drug-likeness (QED) is 0.514. The van der Waals surface area contributed by atoms with Gasteiger partial charge in [-0.2, -0.15) is 0 Å². The molecule has 2 aromatic rings. The number of nitro groups is 1. The lowest BCUT2D eigenvalue weighted by atomic mass is 10.2. The van der Waals surface area contributed by atoms with Crippen LogP contribution in [0.15, 0.2) is 48.5 Å². The molecule has 0 bridgehead atoms. The zero-order chi connectivity index (χ0) is 16.8. The highest BCUT2D eigenvalue weighted by Gasteiger charge is 2.17. The van der Waals surface area contributed by atoms with Gasteiger partial charge in [-0.3, -0.25) is 14.9 Å². The number of anilines is 1. The van der Waals surface area contributed by atoms with Crippen LogP contribution in [0.3, 0.4) is 0 Å². The van der Waals surface area contributed by atoms with Gasteiger partial charge in [0.25, 0.3) is 11.6 Å². The molecule has 0 spiro atoms. The first kappa shape index (κ1) is 16.4. The van der Waals surface area contributed by atoms with E-state index in [9.17, 15) is 19.7 Å². The summed E-state index contributed by atoms with van der Waals surface area (Å²) < 4.78 is 4.84. The topological polar surface area (TPSA) is 98.5 Å². The number of carbonyl (C=O) groups excluding carboxylic acids is 2. The van der Waals surface area contributed by atoms with Crippen LogP contribution in [0.5, 0.6) is 0 Å². The second-order valence-electron chi connectivity index (χ2n) is 4.38. The van der Waals surface area contributed by atoms with Crippen LogP contribution < -0.4 is 5.32 Å². The van der Waals surface area contributed by atoms with Gasteiger partial charge in [-0.1, -0.05) is 35.9 Å². The zero-order valence-corrected chi connectivity index (χ0v) is 12.4. The molecule has 0 aromatic heterocycles. The second kappa shape index (κ2) is 7.37. The number of hydrogen-bond acceptors (Lipinski definition) is 5. The van der Waals surface area contributed by atoms with Crippen molar-refractivity contribution in [3.05, 3.63) is 69.2 Å². The van der Waals surface area contributed by atoms with Crippen molar-refractivity contribution >= 4 is 34.9 Å². The lowest BCUT2D eigenvalue weighted by Gasteiger charge is -2.07. The predicted octanol–water partition coefficient (Wildman–Crippen LogP) is 3.04. The summed E-state index contributed by atoms with van der Waals surface area (Å²) >= 11 is 5.84. The molecule has 0 unspecified atom stereocenters. The lowest BCUT2D eigenvalue weighted by Crippen LogP contribution is -2.21. The maximum absolute atomic E-state index is 11.8. The Hall–Kier alpha value is -2.93. The standard InChI is InChI=1S/C15H11ClN2O5/c16-11-6-2-1-5-10(11)15(20)23-9-14(19)17-12-7-3-4-8-13(12)18(21)22/h1-8H,9H2,(H,17,19). The average molecular weight is 335 g/mol. The summed E-state index contributed by atoms with van der Waals surface area (Å²) in [4.78, 5) is 33.8. The van der Waals surface area contributed by atoms with E-state index < -0.39 is 23.4 Å². The van der Waals surface area contributed by atoms with Gasteiger partial charge in [0.2, 0.25) is 0 Å². The number of benzene rings is 2. The smallest absolute Gasteiger partial charge is 0.340 e. The van der Waals surface area contributed by atoms with Crippen LogP contribution in [0.4, 0.5) is 11.4 Å². The highest BCUT2D eigenvalue weighted by Crippen LogP contribution is 2.23. The number of nitrogens with one attached hydrogen (secondary N) is 1. The Morgan fingerprint density at radius 2 is 1.78 bits per heavy atom. The maximum Gasteiger partial charge on any atom is 0.340 e. The van der Waals surface area contributed by atoms with E-state index in [1.165, 1.54) is 30.3 Å². The molecule has 1 N–H and O–H groups in total. The molecular formula is C15H11ClN2O5. The van der Waals surface area contributed by atoms with Crippen LogP contribution in [0.25, 0.3) is 0 Å². The van der Waals surface area contributed by atoms with Gasteiger partial charge in [-0.25, -0.2) is 4.79 Å². The molecule has 0 saturated carbocycles. The number of hydrogen-bond donors (Lipinski definition) is 1. The van der Waals surface area contributed by atoms with E-state index in [-0.39, 0.29) is 22.0 Å². The Labute approximate surface area is 136 Å². The number of esters is 1. The van der Waals surface area contributed by atoms with Crippen molar-refractivity contribution in [3.63, 3.8) is 0 Å². The van der Waals surface area contributed by atoms with Crippen LogP contribution >= 0.6 is 11.6 Å².